The molecular weight excluding hydrogens is 170 g/mol. The highest BCUT2D eigenvalue weighted by Crippen LogP contribution is 2.24. The second-order valence-electron chi connectivity index (χ2n) is 2.81. The van der Waals surface area contributed by atoms with Gasteiger partial charge >= 0.3 is 6.09 Å². The van der Waals surface area contributed by atoms with E-state index in [2.05, 4.69) is 5.48 Å². The molecule has 1 saturated heterocycles. The average molecular weight is 179 g/mol. The van der Waals surface area contributed by atoms with Crippen molar-refractivity contribution in [3.8, 4) is 0 Å². The number of benzene rings is 1. The van der Waals surface area contributed by atoms with E-state index in [-0.39, 0.29) is 0 Å². The van der Waals surface area contributed by atoms with Gasteiger partial charge in [-0.1, -0.05) is 24.3 Å². The topological polar surface area (TPSA) is 47.6 Å². The zero-order valence-electron chi connectivity index (χ0n) is 7.11. The second kappa shape index (κ2) is 3.06. The summed E-state index contributed by atoms with van der Waals surface area (Å²) in [6.07, 6.45) is -1.16. The van der Waals surface area contributed by atoms with Crippen LogP contribution in [0.25, 0.3) is 0 Å². The molecule has 1 fully saturated rings. The lowest BCUT2D eigenvalue weighted by molar-refractivity contribution is -0.0609. The van der Waals surface area contributed by atoms with Crippen LogP contribution < -0.4 is 5.48 Å². The van der Waals surface area contributed by atoms with Gasteiger partial charge in [-0.05, 0) is 12.5 Å². The first-order valence-electron chi connectivity index (χ1n) is 3.95. The standard InChI is InChI=1S/C9H9NO3/c1-6-4-2-3-5-7(6)8-12-9(11)10-13-8/h2-5,8H,1H3,(H,10,11). The van der Waals surface area contributed by atoms with Gasteiger partial charge in [-0.25, -0.2) is 9.63 Å². The summed E-state index contributed by atoms with van der Waals surface area (Å²) in [7, 11) is 0. The van der Waals surface area contributed by atoms with E-state index in [4.69, 9.17) is 9.57 Å². The van der Waals surface area contributed by atoms with Crippen molar-refractivity contribution in [1.82, 2.24) is 5.48 Å². The summed E-state index contributed by atoms with van der Waals surface area (Å²) in [4.78, 5) is 15.6. The van der Waals surface area contributed by atoms with Gasteiger partial charge in [0.15, 0.2) is 0 Å². The molecule has 1 aliphatic rings. The lowest BCUT2D eigenvalue weighted by Crippen LogP contribution is -2.10. The van der Waals surface area contributed by atoms with Crippen LogP contribution in [0.2, 0.25) is 0 Å². The van der Waals surface area contributed by atoms with Gasteiger partial charge in [-0.3, -0.25) is 0 Å². The molecule has 1 aliphatic heterocycles. The average Bonchev–Trinajstić information content (AvgIpc) is 2.53. The summed E-state index contributed by atoms with van der Waals surface area (Å²) in [5.41, 5.74) is 4.03. The highest BCUT2D eigenvalue weighted by molar-refractivity contribution is 5.67. The largest absolute Gasteiger partial charge is 0.434 e. The Bertz CT molecular complexity index is 337. The number of carbonyl (C=O) groups excluding carboxylic acids is 1. The number of cyclic esters (lactones) is 1. The Kier molecular flexibility index (Phi) is 1.90. The van der Waals surface area contributed by atoms with E-state index in [9.17, 15) is 4.79 Å². The van der Waals surface area contributed by atoms with Crippen molar-refractivity contribution in [2.45, 2.75) is 13.2 Å². The number of amides is 1. The minimum atomic E-state index is -0.617. The van der Waals surface area contributed by atoms with Gasteiger partial charge in [-0.2, -0.15) is 5.48 Å². The lowest BCUT2D eigenvalue weighted by atomic mass is 10.1. The maximum absolute atomic E-state index is 10.7. The lowest BCUT2D eigenvalue weighted by Gasteiger charge is -2.08. The Morgan fingerprint density at radius 3 is 2.77 bits per heavy atom. The first kappa shape index (κ1) is 8.07. The van der Waals surface area contributed by atoms with Crippen LogP contribution in [0.4, 0.5) is 4.79 Å². The molecule has 0 aliphatic carbocycles. The molecule has 1 amide bonds. The molecule has 4 heteroatoms. The second-order valence-corrected chi connectivity index (χ2v) is 2.81. The summed E-state index contributed by atoms with van der Waals surface area (Å²) in [6, 6.07) is 7.59. The fourth-order valence-corrected chi connectivity index (χ4v) is 1.23. The van der Waals surface area contributed by atoms with Crippen LogP contribution in [-0.2, 0) is 9.57 Å². The highest BCUT2D eigenvalue weighted by atomic mass is 16.9. The molecule has 1 N–H and O–H groups in total. The van der Waals surface area contributed by atoms with Gasteiger partial charge in [0, 0.05) is 5.56 Å². The van der Waals surface area contributed by atoms with E-state index in [1.165, 1.54) is 0 Å². The van der Waals surface area contributed by atoms with Gasteiger partial charge in [-0.15, -0.1) is 0 Å². The number of hydrogen-bond acceptors (Lipinski definition) is 3. The molecule has 68 valence electrons. The third-order valence-electron chi connectivity index (χ3n) is 1.91. The third-order valence-corrected chi connectivity index (χ3v) is 1.91. The van der Waals surface area contributed by atoms with Crippen molar-refractivity contribution in [3.63, 3.8) is 0 Å². The van der Waals surface area contributed by atoms with E-state index in [0.29, 0.717) is 0 Å². The SMILES string of the molecule is Cc1ccccc1C1ONC(=O)O1. The smallest absolute Gasteiger partial charge is 0.411 e. The predicted molar refractivity (Wildman–Crippen MR) is 44.6 cm³/mol. The fourth-order valence-electron chi connectivity index (χ4n) is 1.23. The third kappa shape index (κ3) is 1.48. The number of rotatable bonds is 1. The summed E-state index contributed by atoms with van der Waals surface area (Å²) in [5.74, 6) is 0. The van der Waals surface area contributed by atoms with E-state index in [0.717, 1.165) is 11.1 Å². The molecule has 2 rings (SSSR count). The summed E-state index contributed by atoms with van der Waals surface area (Å²) < 4.78 is 4.86. The number of hydrogen-bond donors (Lipinski definition) is 1. The molecule has 1 atom stereocenters. The van der Waals surface area contributed by atoms with Crippen LogP contribution >= 0.6 is 0 Å². The Morgan fingerprint density at radius 1 is 1.38 bits per heavy atom. The summed E-state index contributed by atoms with van der Waals surface area (Å²) in [5, 5.41) is 0. The summed E-state index contributed by atoms with van der Waals surface area (Å²) in [6.45, 7) is 1.94. The van der Waals surface area contributed by atoms with Crippen molar-refractivity contribution in [2.24, 2.45) is 0 Å². The van der Waals surface area contributed by atoms with E-state index >= 15 is 0 Å². The van der Waals surface area contributed by atoms with Crippen LogP contribution in [0.3, 0.4) is 0 Å². The van der Waals surface area contributed by atoms with Crippen molar-refractivity contribution < 1.29 is 14.4 Å². The van der Waals surface area contributed by atoms with Gasteiger partial charge in [0.2, 0.25) is 0 Å². The molecule has 13 heavy (non-hydrogen) atoms. The fraction of sp³-hybridized carbons (Fsp3) is 0.222. The van der Waals surface area contributed by atoms with Gasteiger partial charge in [0.25, 0.3) is 6.29 Å². The minimum absolute atomic E-state index is 0.548. The van der Waals surface area contributed by atoms with Gasteiger partial charge in [0.1, 0.15) is 0 Å². The zero-order chi connectivity index (χ0) is 9.26. The van der Waals surface area contributed by atoms with Crippen LogP contribution in [0.1, 0.15) is 17.4 Å². The highest BCUT2D eigenvalue weighted by Gasteiger charge is 2.26. The van der Waals surface area contributed by atoms with Crippen LogP contribution in [0.15, 0.2) is 24.3 Å². The normalized spacial score (nSPS) is 21.0. The maximum Gasteiger partial charge on any atom is 0.434 e. The van der Waals surface area contributed by atoms with E-state index in [1.807, 2.05) is 31.2 Å². The van der Waals surface area contributed by atoms with Gasteiger partial charge < -0.3 is 4.74 Å². The Morgan fingerprint density at radius 2 is 2.15 bits per heavy atom. The number of ether oxygens (including phenoxy) is 1. The van der Waals surface area contributed by atoms with Crippen molar-refractivity contribution >= 4 is 6.09 Å². The Labute approximate surface area is 75.4 Å². The first-order valence-corrected chi connectivity index (χ1v) is 3.95. The van der Waals surface area contributed by atoms with Crippen LogP contribution in [0, 0.1) is 6.92 Å². The molecule has 0 bridgehead atoms. The molecule has 4 nitrogen and oxygen atoms in total. The van der Waals surface area contributed by atoms with Gasteiger partial charge in [0.05, 0.1) is 0 Å². The van der Waals surface area contributed by atoms with Crippen molar-refractivity contribution in [1.29, 1.82) is 0 Å². The number of nitrogens with one attached hydrogen (secondary N) is 1. The van der Waals surface area contributed by atoms with E-state index in [1.54, 1.807) is 0 Å². The molecule has 0 spiro atoms. The molecule has 1 aromatic carbocycles. The monoisotopic (exact) mass is 179 g/mol. The molecular formula is C9H9NO3. The minimum Gasteiger partial charge on any atom is -0.411 e. The maximum atomic E-state index is 10.7. The molecule has 0 saturated carbocycles. The van der Waals surface area contributed by atoms with Crippen molar-refractivity contribution in [3.05, 3.63) is 35.4 Å². The molecule has 0 radical (unpaired) electrons. The van der Waals surface area contributed by atoms with E-state index < -0.39 is 12.4 Å². The molecule has 1 unspecified atom stereocenters. The quantitative estimate of drug-likeness (QED) is 0.713. The number of aryl methyl sites for hydroxylation is 1. The van der Waals surface area contributed by atoms with Crippen LogP contribution in [-0.4, -0.2) is 6.09 Å². The predicted octanol–water partition coefficient (Wildman–Crippen LogP) is 1.67. The molecule has 0 aromatic heterocycles. The number of carbonyl (C=O) groups is 1. The zero-order valence-corrected chi connectivity index (χ0v) is 7.11. The Balaban J connectivity index is 2.26. The van der Waals surface area contributed by atoms with Crippen LogP contribution in [0.5, 0.6) is 0 Å². The van der Waals surface area contributed by atoms with Crippen molar-refractivity contribution in [2.75, 3.05) is 0 Å². The Hall–Kier alpha value is -1.55. The molecule has 1 heterocycles. The first-order chi connectivity index (χ1) is 6.27. The molecule has 1 aromatic rings. The number of hydroxylamine groups is 1. The summed E-state index contributed by atoms with van der Waals surface area (Å²) >= 11 is 0.